The van der Waals surface area contributed by atoms with Crippen LogP contribution in [0.2, 0.25) is 0 Å². The molecule has 0 amide bonds. The van der Waals surface area contributed by atoms with E-state index in [-0.39, 0.29) is 15.6 Å². The fourth-order valence-electron chi connectivity index (χ4n) is 4.37. The average molecular weight is 371 g/mol. The lowest BCUT2D eigenvalue weighted by Gasteiger charge is -2.49. The molecule has 134 valence electrons. The fraction of sp³-hybridized carbons (Fsp3) is 0.667. The van der Waals surface area contributed by atoms with Gasteiger partial charge in [-0.25, -0.2) is 0 Å². The van der Waals surface area contributed by atoms with Gasteiger partial charge in [-0.1, -0.05) is 28.4 Å². The number of quaternary nitrogens is 1. The van der Waals surface area contributed by atoms with Crippen molar-refractivity contribution >= 4 is 21.9 Å². The van der Waals surface area contributed by atoms with E-state index < -0.39 is 10.1 Å². The van der Waals surface area contributed by atoms with E-state index >= 15 is 0 Å². The fourth-order valence-corrected chi connectivity index (χ4v) is 6.57. The maximum atomic E-state index is 12.8. The predicted octanol–water partition coefficient (Wildman–Crippen LogP) is 3.76. The van der Waals surface area contributed by atoms with Crippen LogP contribution >= 0.6 is 11.8 Å². The summed E-state index contributed by atoms with van der Waals surface area (Å²) < 4.78 is 31.7. The Labute approximate surface area is 150 Å². The Balaban J connectivity index is 1.85. The van der Waals surface area contributed by atoms with Gasteiger partial charge in [0.25, 0.3) is 0 Å². The summed E-state index contributed by atoms with van der Waals surface area (Å²) in [7, 11) is -1.78. The number of thioether (sulfide) groups is 1. The molecular formula is C18H28NO3S2+. The van der Waals surface area contributed by atoms with Gasteiger partial charge in [0.15, 0.2) is 0 Å². The van der Waals surface area contributed by atoms with E-state index in [1.807, 2.05) is 37.9 Å². The summed E-state index contributed by atoms with van der Waals surface area (Å²) >= 11 is 1.93. The molecule has 1 aromatic carbocycles. The van der Waals surface area contributed by atoms with Crippen LogP contribution in [0.5, 0.6) is 0 Å². The summed E-state index contributed by atoms with van der Waals surface area (Å²) in [5.41, 5.74) is 1.04. The first-order valence-corrected chi connectivity index (χ1v) is 11.5. The highest BCUT2D eigenvalue weighted by Crippen LogP contribution is 2.43. The number of likely N-dealkylation sites (tertiary alicyclic amines) is 1. The normalized spacial score (nSPS) is 33.9. The second kappa shape index (κ2) is 6.98. The SMILES string of the molecule is CSC1CC[N+](C)(OS(=O)(=O)c2ccc(C)cc2)C2CCCCC12. The quantitative estimate of drug-likeness (QED) is 0.757. The minimum Gasteiger partial charge on any atom is -0.189 e. The third kappa shape index (κ3) is 3.52. The van der Waals surface area contributed by atoms with Gasteiger partial charge < -0.3 is 0 Å². The van der Waals surface area contributed by atoms with Crippen LogP contribution in [0.4, 0.5) is 0 Å². The van der Waals surface area contributed by atoms with Gasteiger partial charge in [-0.05, 0) is 38.2 Å². The van der Waals surface area contributed by atoms with Gasteiger partial charge in [0.1, 0.15) is 19.6 Å². The zero-order valence-electron chi connectivity index (χ0n) is 14.8. The lowest BCUT2D eigenvalue weighted by Crippen LogP contribution is -2.62. The van der Waals surface area contributed by atoms with Crippen LogP contribution in [0.3, 0.4) is 0 Å². The Morgan fingerprint density at radius 1 is 1.12 bits per heavy atom. The summed E-state index contributed by atoms with van der Waals surface area (Å²) in [4.78, 5) is 0.256. The molecule has 3 rings (SSSR count). The van der Waals surface area contributed by atoms with E-state index in [4.69, 9.17) is 4.28 Å². The Kier molecular flexibility index (Phi) is 5.30. The number of hydrogen-bond acceptors (Lipinski definition) is 4. The van der Waals surface area contributed by atoms with E-state index in [0.717, 1.165) is 24.9 Å². The summed E-state index contributed by atoms with van der Waals surface area (Å²) in [6, 6.07) is 7.21. The van der Waals surface area contributed by atoms with Crippen molar-refractivity contribution in [3.05, 3.63) is 29.8 Å². The zero-order valence-corrected chi connectivity index (χ0v) is 16.4. The molecule has 4 atom stereocenters. The molecule has 1 aliphatic carbocycles. The van der Waals surface area contributed by atoms with Gasteiger partial charge in [-0.15, -0.1) is 0 Å². The third-order valence-electron chi connectivity index (χ3n) is 5.70. The number of hydrogen-bond donors (Lipinski definition) is 0. The molecule has 1 saturated heterocycles. The van der Waals surface area contributed by atoms with E-state index in [9.17, 15) is 8.42 Å². The van der Waals surface area contributed by atoms with Crippen LogP contribution in [0.15, 0.2) is 29.2 Å². The van der Waals surface area contributed by atoms with E-state index in [1.165, 1.54) is 19.3 Å². The molecule has 2 fully saturated rings. The number of fused-ring (bicyclic) bond motifs is 1. The number of benzene rings is 1. The van der Waals surface area contributed by atoms with Crippen LogP contribution in [0.1, 0.15) is 37.7 Å². The molecule has 1 aliphatic heterocycles. The zero-order chi connectivity index (χ0) is 17.4. The summed E-state index contributed by atoms with van der Waals surface area (Å²) in [6.45, 7) is 2.71. The highest BCUT2D eigenvalue weighted by molar-refractivity contribution is 7.99. The number of rotatable bonds is 4. The van der Waals surface area contributed by atoms with Crippen molar-refractivity contribution in [2.24, 2.45) is 5.92 Å². The number of hydroxylamine groups is 3. The van der Waals surface area contributed by atoms with Crippen molar-refractivity contribution in [3.63, 3.8) is 0 Å². The molecule has 4 unspecified atom stereocenters. The molecule has 1 heterocycles. The van der Waals surface area contributed by atoms with Crippen molar-refractivity contribution in [2.75, 3.05) is 19.8 Å². The minimum absolute atomic E-state index is 0.206. The number of nitrogens with zero attached hydrogens (tertiary/aromatic N) is 1. The molecule has 0 N–H and O–H groups in total. The van der Waals surface area contributed by atoms with Gasteiger partial charge in [-0.2, -0.15) is 24.8 Å². The van der Waals surface area contributed by atoms with Crippen LogP contribution in [0.25, 0.3) is 0 Å². The number of aryl methyl sites for hydroxylation is 1. The highest BCUT2D eigenvalue weighted by atomic mass is 32.2. The summed E-state index contributed by atoms with van der Waals surface area (Å²) in [6.07, 6.45) is 7.87. The second-order valence-electron chi connectivity index (χ2n) is 7.32. The lowest BCUT2D eigenvalue weighted by atomic mass is 9.78. The Bertz CT molecular complexity index is 674. The average Bonchev–Trinajstić information content (AvgIpc) is 2.55. The molecule has 1 aromatic rings. The molecule has 24 heavy (non-hydrogen) atoms. The Morgan fingerprint density at radius 2 is 1.79 bits per heavy atom. The first kappa shape index (κ1) is 18.2. The topological polar surface area (TPSA) is 43.4 Å². The molecule has 0 radical (unpaired) electrons. The smallest absolute Gasteiger partial charge is 0.189 e. The van der Waals surface area contributed by atoms with Gasteiger partial charge in [0.05, 0.1) is 4.90 Å². The van der Waals surface area contributed by atoms with Crippen molar-refractivity contribution in [2.45, 2.75) is 55.2 Å². The largest absolute Gasteiger partial charge is 0.342 e. The molecule has 1 saturated carbocycles. The summed E-state index contributed by atoms with van der Waals surface area (Å²) in [5.74, 6) is 0.556. The van der Waals surface area contributed by atoms with E-state index in [1.54, 1.807) is 12.1 Å². The van der Waals surface area contributed by atoms with Gasteiger partial charge in [0.2, 0.25) is 0 Å². The van der Waals surface area contributed by atoms with Gasteiger partial charge >= 0.3 is 10.1 Å². The van der Waals surface area contributed by atoms with Crippen molar-refractivity contribution < 1.29 is 17.3 Å². The Hall–Kier alpha value is -0.560. The van der Waals surface area contributed by atoms with Crippen molar-refractivity contribution in [3.8, 4) is 0 Å². The van der Waals surface area contributed by atoms with Crippen LogP contribution in [-0.2, 0) is 14.4 Å². The van der Waals surface area contributed by atoms with E-state index in [2.05, 4.69) is 6.26 Å². The standard InChI is InChI=1S/C18H28NO3S2/c1-14-8-10-15(11-9-14)24(20,21)22-19(2)13-12-18(23-3)16-6-4-5-7-17(16)19/h8-11,16-18H,4-7,12-13H2,1-3H3/q+1. The summed E-state index contributed by atoms with van der Waals surface area (Å²) in [5, 5.41) is 0.632. The highest BCUT2D eigenvalue weighted by Gasteiger charge is 2.51. The molecule has 0 aromatic heterocycles. The van der Waals surface area contributed by atoms with Crippen molar-refractivity contribution in [1.82, 2.24) is 0 Å². The van der Waals surface area contributed by atoms with Crippen LogP contribution in [0, 0.1) is 12.8 Å². The Morgan fingerprint density at radius 3 is 2.46 bits per heavy atom. The molecule has 0 spiro atoms. The lowest BCUT2D eigenvalue weighted by molar-refractivity contribution is -1.09. The molecule has 4 nitrogen and oxygen atoms in total. The van der Waals surface area contributed by atoms with E-state index in [0.29, 0.717) is 11.2 Å². The van der Waals surface area contributed by atoms with Gasteiger partial charge in [-0.3, -0.25) is 0 Å². The third-order valence-corrected chi connectivity index (χ3v) is 8.28. The predicted molar refractivity (Wildman–Crippen MR) is 98.2 cm³/mol. The molecular weight excluding hydrogens is 342 g/mol. The minimum atomic E-state index is -3.74. The molecule has 2 aliphatic rings. The van der Waals surface area contributed by atoms with Gasteiger partial charge in [0, 0.05) is 24.0 Å². The molecule has 6 heteroatoms. The van der Waals surface area contributed by atoms with Crippen molar-refractivity contribution in [1.29, 1.82) is 0 Å². The monoisotopic (exact) mass is 370 g/mol. The number of piperidine rings is 1. The maximum Gasteiger partial charge on any atom is 0.342 e. The van der Waals surface area contributed by atoms with Crippen LogP contribution in [-0.4, -0.2) is 44.2 Å². The van der Waals surface area contributed by atoms with Crippen LogP contribution < -0.4 is 0 Å². The second-order valence-corrected chi connectivity index (χ2v) is 9.92. The molecule has 0 bridgehead atoms. The maximum absolute atomic E-state index is 12.8. The first-order valence-electron chi connectivity index (χ1n) is 8.77. The first-order chi connectivity index (χ1) is 11.4.